The topological polar surface area (TPSA) is 126 Å². The second-order valence-corrected chi connectivity index (χ2v) is 10.1. The summed E-state index contributed by atoms with van der Waals surface area (Å²) in [6, 6.07) is 18.6. The van der Waals surface area contributed by atoms with Crippen LogP contribution in [0.4, 0.5) is 0 Å². The molecule has 0 spiro atoms. The van der Waals surface area contributed by atoms with Gasteiger partial charge < -0.3 is 21.0 Å². The molecular weight excluding hydrogens is 588 g/mol. The molecule has 0 aliphatic rings. The number of hydrogen-bond acceptors (Lipinski definition) is 7. The summed E-state index contributed by atoms with van der Waals surface area (Å²) in [5.41, 5.74) is 11.5. The summed E-state index contributed by atoms with van der Waals surface area (Å²) in [7, 11) is 0. The molecule has 4 rings (SSSR count). The van der Waals surface area contributed by atoms with Gasteiger partial charge >= 0.3 is 0 Å². The van der Waals surface area contributed by atoms with Crippen LogP contribution >= 0.6 is 31.9 Å². The maximum atomic E-state index is 9.65. The fourth-order valence-corrected chi connectivity index (χ4v) is 4.48. The molecule has 0 saturated carbocycles. The number of benzene rings is 3. The summed E-state index contributed by atoms with van der Waals surface area (Å²) in [4.78, 5) is 0. The summed E-state index contributed by atoms with van der Waals surface area (Å²) < 4.78 is 3.12. The number of hydrogen-bond donors (Lipinski definition) is 4. The molecule has 0 amide bonds. The first kappa shape index (κ1) is 25.7. The zero-order valence-electron chi connectivity index (χ0n) is 19.4. The van der Waals surface area contributed by atoms with Gasteiger partial charge in [0.1, 0.15) is 17.2 Å². The Hall–Kier alpha value is -3.34. The Kier molecular flexibility index (Phi) is 8.29. The minimum atomic E-state index is 0.206. The van der Waals surface area contributed by atoms with Crippen LogP contribution in [0, 0.1) is 0 Å². The molecule has 186 valence electrons. The SMILES string of the molecule is N/C(=C\N(N)CCc1ccc(O)c(Br)c1)c1cccc(-c2cn(CCc3ccc(O)c(Br)c3)nn2)c1. The summed E-state index contributed by atoms with van der Waals surface area (Å²) in [5.74, 6) is 6.58. The highest BCUT2D eigenvalue weighted by atomic mass is 79.9. The van der Waals surface area contributed by atoms with Crippen molar-refractivity contribution in [2.24, 2.45) is 11.6 Å². The number of halogens is 2. The number of rotatable bonds is 9. The number of nitrogens with zero attached hydrogens (tertiary/aromatic N) is 4. The molecule has 3 aromatic carbocycles. The van der Waals surface area contributed by atoms with Crippen LogP contribution in [-0.4, -0.2) is 36.8 Å². The van der Waals surface area contributed by atoms with E-state index in [4.69, 9.17) is 11.6 Å². The zero-order valence-corrected chi connectivity index (χ0v) is 22.5. The van der Waals surface area contributed by atoms with E-state index in [0.717, 1.165) is 34.4 Å². The van der Waals surface area contributed by atoms with Gasteiger partial charge in [-0.3, -0.25) is 4.68 Å². The number of hydrazine groups is 1. The summed E-state index contributed by atoms with van der Waals surface area (Å²) >= 11 is 6.67. The Bertz CT molecular complexity index is 1390. The van der Waals surface area contributed by atoms with E-state index in [1.54, 1.807) is 28.0 Å². The number of phenolic OH excluding ortho intramolecular Hbond substituents is 2. The summed E-state index contributed by atoms with van der Waals surface area (Å²) in [6.45, 7) is 1.22. The molecule has 0 unspecified atom stereocenters. The highest BCUT2D eigenvalue weighted by Crippen LogP contribution is 2.26. The van der Waals surface area contributed by atoms with Crippen LogP contribution in [0.25, 0.3) is 17.0 Å². The largest absolute Gasteiger partial charge is 0.507 e. The third-order valence-electron chi connectivity index (χ3n) is 5.65. The van der Waals surface area contributed by atoms with Crippen LogP contribution in [0.3, 0.4) is 0 Å². The minimum Gasteiger partial charge on any atom is -0.507 e. The van der Waals surface area contributed by atoms with Crippen LogP contribution in [-0.2, 0) is 19.4 Å². The summed E-state index contributed by atoms with van der Waals surface area (Å²) in [5, 5.41) is 29.4. The van der Waals surface area contributed by atoms with Crippen molar-refractivity contribution in [1.29, 1.82) is 0 Å². The van der Waals surface area contributed by atoms with Crippen molar-refractivity contribution in [3.8, 4) is 22.8 Å². The van der Waals surface area contributed by atoms with Gasteiger partial charge in [-0.05, 0) is 91.7 Å². The lowest BCUT2D eigenvalue weighted by molar-refractivity contribution is 0.399. The van der Waals surface area contributed by atoms with Gasteiger partial charge in [-0.1, -0.05) is 35.5 Å². The van der Waals surface area contributed by atoms with Crippen molar-refractivity contribution in [3.05, 3.63) is 98.7 Å². The molecular formula is C26H26Br2N6O2. The van der Waals surface area contributed by atoms with Crippen molar-refractivity contribution in [2.45, 2.75) is 19.4 Å². The van der Waals surface area contributed by atoms with Crippen LogP contribution in [0.2, 0.25) is 0 Å². The van der Waals surface area contributed by atoms with E-state index in [-0.39, 0.29) is 11.5 Å². The fourth-order valence-electron chi connectivity index (χ4n) is 3.63. The van der Waals surface area contributed by atoms with Crippen LogP contribution in [0.15, 0.2) is 82.0 Å². The van der Waals surface area contributed by atoms with E-state index >= 15 is 0 Å². The molecule has 4 aromatic rings. The minimum absolute atomic E-state index is 0.206. The number of aromatic nitrogens is 3. The predicted octanol–water partition coefficient (Wildman–Crippen LogP) is 4.80. The third kappa shape index (κ3) is 6.66. The van der Waals surface area contributed by atoms with Gasteiger partial charge in [-0.15, -0.1) is 5.10 Å². The van der Waals surface area contributed by atoms with E-state index in [2.05, 4.69) is 42.2 Å². The Morgan fingerprint density at radius 2 is 1.61 bits per heavy atom. The second kappa shape index (κ2) is 11.6. The van der Waals surface area contributed by atoms with E-state index < -0.39 is 0 Å². The average Bonchev–Trinajstić information content (AvgIpc) is 3.35. The van der Waals surface area contributed by atoms with E-state index in [9.17, 15) is 10.2 Å². The molecule has 0 atom stereocenters. The Labute approximate surface area is 226 Å². The van der Waals surface area contributed by atoms with Gasteiger partial charge in [-0.25, -0.2) is 5.84 Å². The highest BCUT2D eigenvalue weighted by Gasteiger charge is 2.08. The first-order chi connectivity index (χ1) is 17.3. The van der Waals surface area contributed by atoms with Crippen molar-refractivity contribution in [1.82, 2.24) is 20.0 Å². The van der Waals surface area contributed by atoms with E-state index in [1.807, 2.05) is 54.7 Å². The Morgan fingerprint density at radius 1 is 0.944 bits per heavy atom. The molecule has 0 fully saturated rings. The average molecular weight is 614 g/mol. The highest BCUT2D eigenvalue weighted by molar-refractivity contribution is 9.10. The van der Waals surface area contributed by atoms with Crippen LogP contribution in [0.5, 0.6) is 11.5 Å². The molecule has 1 heterocycles. The standard InChI is InChI=1S/C26H26Br2N6O2/c27-21-12-17(4-6-25(21)35)8-10-33(30)15-23(29)19-2-1-3-20(14-19)24-16-34(32-31-24)11-9-18-5-7-26(36)22(28)13-18/h1-7,12-16,35-36H,8-11,29-30H2/b23-15-. The lowest BCUT2D eigenvalue weighted by atomic mass is 10.1. The number of aromatic hydroxyl groups is 2. The van der Waals surface area contributed by atoms with Gasteiger partial charge in [0.25, 0.3) is 0 Å². The van der Waals surface area contributed by atoms with E-state index in [0.29, 0.717) is 34.2 Å². The first-order valence-electron chi connectivity index (χ1n) is 11.2. The second-order valence-electron chi connectivity index (χ2n) is 8.34. The van der Waals surface area contributed by atoms with Gasteiger partial charge in [0, 0.05) is 24.9 Å². The third-order valence-corrected chi connectivity index (χ3v) is 6.92. The number of nitrogens with two attached hydrogens (primary N) is 2. The number of phenols is 2. The molecule has 6 N–H and O–H groups in total. The maximum Gasteiger partial charge on any atom is 0.129 e. The lowest BCUT2D eigenvalue weighted by Gasteiger charge is -2.15. The Balaban J connectivity index is 1.38. The molecule has 0 saturated heterocycles. The fraction of sp³-hybridized carbons (Fsp3) is 0.154. The molecule has 36 heavy (non-hydrogen) atoms. The van der Waals surface area contributed by atoms with Crippen LogP contribution < -0.4 is 11.6 Å². The van der Waals surface area contributed by atoms with E-state index in [1.165, 1.54) is 0 Å². The zero-order chi connectivity index (χ0) is 25.7. The van der Waals surface area contributed by atoms with Crippen LogP contribution in [0.1, 0.15) is 16.7 Å². The van der Waals surface area contributed by atoms with Crippen molar-refractivity contribution < 1.29 is 10.2 Å². The lowest BCUT2D eigenvalue weighted by Crippen LogP contribution is -2.28. The van der Waals surface area contributed by atoms with Gasteiger partial charge in [-0.2, -0.15) is 0 Å². The quantitative estimate of drug-likeness (QED) is 0.158. The van der Waals surface area contributed by atoms with Crippen molar-refractivity contribution >= 4 is 37.6 Å². The monoisotopic (exact) mass is 612 g/mol. The molecule has 1 aromatic heterocycles. The molecule has 0 aliphatic carbocycles. The maximum absolute atomic E-state index is 9.65. The van der Waals surface area contributed by atoms with Gasteiger partial charge in [0.05, 0.1) is 20.8 Å². The van der Waals surface area contributed by atoms with Gasteiger partial charge in [0.2, 0.25) is 0 Å². The van der Waals surface area contributed by atoms with Gasteiger partial charge in [0.15, 0.2) is 0 Å². The first-order valence-corrected chi connectivity index (χ1v) is 12.8. The molecule has 8 nitrogen and oxygen atoms in total. The normalized spacial score (nSPS) is 11.6. The van der Waals surface area contributed by atoms with Crippen molar-refractivity contribution in [3.63, 3.8) is 0 Å². The molecule has 0 aliphatic heterocycles. The predicted molar refractivity (Wildman–Crippen MR) is 148 cm³/mol. The molecule has 0 bridgehead atoms. The smallest absolute Gasteiger partial charge is 0.129 e. The summed E-state index contributed by atoms with van der Waals surface area (Å²) in [6.07, 6.45) is 5.06. The molecule has 0 radical (unpaired) electrons. The Morgan fingerprint density at radius 3 is 2.28 bits per heavy atom. The molecule has 10 heteroatoms. The number of aryl methyl sites for hydroxylation is 2. The van der Waals surface area contributed by atoms with Crippen molar-refractivity contribution in [2.75, 3.05) is 6.54 Å².